The van der Waals surface area contributed by atoms with Gasteiger partial charge in [-0.15, -0.1) is 0 Å². The number of aryl methyl sites for hydroxylation is 2. The summed E-state index contributed by atoms with van der Waals surface area (Å²) in [7, 11) is 2.06. The summed E-state index contributed by atoms with van der Waals surface area (Å²) in [6.45, 7) is 10.2. The lowest BCUT2D eigenvalue weighted by atomic mass is 9.96. The lowest BCUT2D eigenvalue weighted by Gasteiger charge is -2.32. The molecule has 1 saturated heterocycles. The Morgan fingerprint density at radius 3 is 2.57 bits per heavy atom. The number of aromatic nitrogens is 2. The number of piperidine rings is 1. The van der Waals surface area contributed by atoms with E-state index in [4.69, 9.17) is 0 Å². The Balaban J connectivity index is 1.82. The maximum Gasteiger partial charge on any atom is 0.0767 e. The van der Waals surface area contributed by atoms with Crippen molar-refractivity contribution in [2.45, 2.75) is 46.1 Å². The Labute approximate surface area is 137 Å². The minimum atomic E-state index is 0.856. The largest absolute Gasteiger partial charge is 0.316 e. The molecule has 0 bridgehead atoms. The predicted molar refractivity (Wildman–Crippen MR) is 91.4 cm³/mol. The van der Waals surface area contributed by atoms with Crippen LogP contribution in [0.4, 0.5) is 0 Å². The molecular formula is C16H29BrN4. The van der Waals surface area contributed by atoms with Gasteiger partial charge in [0.05, 0.1) is 15.9 Å². The molecule has 1 fully saturated rings. The summed E-state index contributed by atoms with van der Waals surface area (Å²) in [6.07, 6.45) is 4.84. The smallest absolute Gasteiger partial charge is 0.0767 e. The molecule has 0 radical (unpaired) electrons. The topological polar surface area (TPSA) is 33.1 Å². The fraction of sp³-hybridized carbons (Fsp3) is 0.812. The van der Waals surface area contributed by atoms with E-state index in [1.54, 1.807) is 0 Å². The van der Waals surface area contributed by atoms with Gasteiger partial charge in [0, 0.05) is 13.6 Å². The van der Waals surface area contributed by atoms with Crippen molar-refractivity contribution in [3.05, 3.63) is 15.9 Å². The van der Waals surface area contributed by atoms with Crippen molar-refractivity contribution in [1.29, 1.82) is 0 Å². The summed E-state index contributed by atoms with van der Waals surface area (Å²) in [5, 5.41) is 8.15. The van der Waals surface area contributed by atoms with Crippen LogP contribution in [-0.2, 0) is 20.0 Å². The van der Waals surface area contributed by atoms with Gasteiger partial charge in [-0.3, -0.25) is 9.58 Å². The number of nitrogens with zero attached hydrogens (tertiary/aromatic N) is 3. The van der Waals surface area contributed by atoms with E-state index in [-0.39, 0.29) is 0 Å². The van der Waals surface area contributed by atoms with E-state index in [1.807, 2.05) is 4.68 Å². The van der Waals surface area contributed by atoms with Gasteiger partial charge in [-0.05, 0) is 73.7 Å². The Morgan fingerprint density at radius 2 is 2.00 bits per heavy atom. The third-order valence-corrected chi connectivity index (χ3v) is 5.36. The second-order valence-electron chi connectivity index (χ2n) is 6.11. The van der Waals surface area contributed by atoms with E-state index in [0.29, 0.717) is 0 Å². The highest BCUT2D eigenvalue weighted by molar-refractivity contribution is 9.10. The first-order valence-electron chi connectivity index (χ1n) is 8.29. The zero-order chi connectivity index (χ0) is 15.2. The average molecular weight is 357 g/mol. The van der Waals surface area contributed by atoms with Crippen molar-refractivity contribution >= 4 is 15.9 Å². The van der Waals surface area contributed by atoms with Gasteiger partial charge in [-0.1, -0.05) is 13.8 Å². The summed E-state index contributed by atoms with van der Waals surface area (Å²) >= 11 is 3.72. The van der Waals surface area contributed by atoms with Gasteiger partial charge in [0.2, 0.25) is 0 Å². The Morgan fingerprint density at radius 1 is 1.29 bits per heavy atom. The second kappa shape index (κ2) is 8.30. The fourth-order valence-electron chi connectivity index (χ4n) is 3.04. The highest BCUT2D eigenvalue weighted by Crippen LogP contribution is 2.25. The van der Waals surface area contributed by atoms with Gasteiger partial charge in [0.25, 0.3) is 0 Å². The minimum absolute atomic E-state index is 0.856. The molecule has 0 aliphatic carbocycles. The number of hydrogen-bond acceptors (Lipinski definition) is 3. The van der Waals surface area contributed by atoms with E-state index >= 15 is 0 Å². The molecular weight excluding hydrogens is 328 g/mol. The van der Waals surface area contributed by atoms with Crippen molar-refractivity contribution in [3.63, 3.8) is 0 Å². The summed E-state index contributed by atoms with van der Waals surface area (Å²) < 4.78 is 3.25. The molecule has 0 aromatic carbocycles. The third kappa shape index (κ3) is 4.54. The van der Waals surface area contributed by atoms with E-state index in [9.17, 15) is 0 Å². The third-order valence-electron chi connectivity index (χ3n) is 4.44. The fourth-order valence-corrected chi connectivity index (χ4v) is 3.78. The molecule has 2 rings (SSSR count). The van der Waals surface area contributed by atoms with Crippen LogP contribution >= 0.6 is 15.9 Å². The van der Waals surface area contributed by atoms with E-state index < -0.39 is 0 Å². The number of halogens is 1. The van der Waals surface area contributed by atoms with Crippen LogP contribution in [0.5, 0.6) is 0 Å². The van der Waals surface area contributed by atoms with Crippen LogP contribution in [-0.4, -0.2) is 40.9 Å². The molecule has 120 valence electrons. The van der Waals surface area contributed by atoms with Crippen molar-refractivity contribution in [2.24, 2.45) is 13.0 Å². The van der Waals surface area contributed by atoms with Crippen molar-refractivity contribution in [1.82, 2.24) is 20.0 Å². The molecule has 0 unspecified atom stereocenters. The van der Waals surface area contributed by atoms with E-state index in [2.05, 4.69) is 52.1 Å². The molecule has 0 amide bonds. The van der Waals surface area contributed by atoms with Gasteiger partial charge < -0.3 is 5.32 Å². The highest BCUT2D eigenvalue weighted by atomic mass is 79.9. The van der Waals surface area contributed by atoms with Crippen LogP contribution < -0.4 is 5.32 Å². The number of rotatable bonds is 7. The van der Waals surface area contributed by atoms with E-state index in [1.165, 1.54) is 54.8 Å². The highest BCUT2D eigenvalue weighted by Gasteiger charge is 2.21. The second-order valence-corrected chi connectivity index (χ2v) is 6.90. The summed E-state index contributed by atoms with van der Waals surface area (Å²) in [5.74, 6) is 0.856. The van der Waals surface area contributed by atoms with Crippen molar-refractivity contribution in [2.75, 3.05) is 26.2 Å². The van der Waals surface area contributed by atoms with Gasteiger partial charge in [-0.2, -0.15) is 5.10 Å². The normalized spacial score (nSPS) is 17.5. The molecule has 0 atom stereocenters. The maximum absolute atomic E-state index is 4.59. The van der Waals surface area contributed by atoms with Crippen LogP contribution in [0, 0.1) is 5.92 Å². The van der Waals surface area contributed by atoms with Gasteiger partial charge in [-0.25, -0.2) is 0 Å². The Hall–Kier alpha value is -0.390. The molecule has 2 heterocycles. The standard InChI is InChI=1S/C16H29BrN4/c1-4-8-18-11-13-6-9-21(10-7-13)12-15-16(17)14(5-2)19-20(15)3/h13,18H,4-12H2,1-3H3. The molecule has 1 aliphatic heterocycles. The lowest BCUT2D eigenvalue weighted by molar-refractivity contribution is 0.172. The molecule has 4 nitrogen and oxygen atoms in total. The first-order valence-corrected chi connectivity index (χ1v) is 9.08. The molecule has 1 N–H and O–H groups in total. The quantitative estimate of drug-likeness (QED) is 0.762. The van der Waals surface area contributed by atoms with Crippen LogP contribution in [0.2, 0.25) is 0 Å². The maximum atomic E-state index is 4.59. The van der Waals surface area contributed by atoms with Gasteiger partial charge in [0.1, 0.15) is 0 Å². The van der Waals surface area contributed by atoms with Gasteiger partial charge in [0.15, 0.2) is 0 Å². The molecule has 0 spiro atoms. The molecule has 1 aromatic rings. The zero-order valence-electron chi connectivity index (χ0n) is 13.7. The van der Waals surface area contributed by atoms with Crippen molar-refractivity contribution in [3.8, 4) is 0 Å². The molecule has 21 heavy (non-hydrogen) atoms. The van der Waals surface area contributed by atoms with Crippen LogP contribution in [0.1, 0.15) is 44.5 Å². The first-order chi connectivity index (χ1) is 10.2. The van der Waals surface area contributed by atoms with Crippen molar-refractivity contribution < 1.29 is 0 Å². The average Bonchev–Trinajstić information content (AvgIpc) is 2.76. The number of likely N-dealkylation sites (tertiary alicyclic amines) is 1. The Bertz CT molecular complexity index is 436. The zero-order valence-corrected chi connectivity index (χ0v) is 15.2. The minimum Gasteiger partial charge on any atom is -0.316 e. The SMILES string of the molecule is CCCNCC1CCN(Cc2c(Br)c(CC)nn2C)CC1. The van der Waals surface area contributed by atoms with Gasteiger partial charge >= 0.3 is 0 Å². The predicted octanol–water partition coefficient (Wildman–Crippen LogP) is 2.96. The molecule has 0 saturated carbocycles. The van der Waals surface area contributed by atoms with E-state index in [0.717, 1.165) is 25.4 Å². The first kappa shape index (κ1) is 17.0. The monoisotopic (exact) mass is 356 g/mol. The molecule has 1 aliphatic rings. The summed E-state index contributed by atoms with van der Waals surface area (Å²) in [5.41, 5.74) is 2.49. The van der Waals surface area contributed by atoms with Crippen LogP contribution in [0.3, 0.4) is 0 Å². The molecule has 5 heteroatoms. The summed E-state index contributed by atoms with van der Waals surface area (Å²) in [6, 6.07) is 0. The van der Waals surface area contributed by atoms with Crippen LogP contribution in [0.25, 0.3) is 0 Å². The summed E-state index contributed by atoms with van der Waals surface area (Å²) in [4.78, 5) is 2.57. The van der Waals surface area contributed by atoms with Crippen LogP contribution in [0.15, 0.2) is 4.47 Å². The lowest BCUT2D eigenvalue weighted by Crippen LogP contribution is -2.37. The number of nitrogens with one attached hydrogen (secondary N) is 1. The number of hydrogen-bond donors (Lipinski definition) is 1. The molecule has 1 aromatic heterocycles. The Kier molecular flexibility index (Phi) is 6.71.